The molecule has 3 aromatic heterocycles. The molecule has 1 N–H and O–H groups in total. The quantitative estimate of drug-likeness (QED) is 0.286. The van der Waals surface area contributed by atoms with Gasteiger partial charge in [-0.25, -0.2) is 19.7 Å². The lowest BCUT2D eigenvalue weighted by atomic mass is 9.85. The third-order valence-electron chi connectivity index (χ3n) is 7.84. The lowest BCUT2D eigenvalue weighted by Crippen LogP contribution is -2.32. The van der Waals surface area contributed by atoms with E-state index in [-0.39, 0.29) is 11.8 Å². The van der Waals surface area contributed by atoms with Crippen molar-refractivity contribution in [1.29, 1.82) is 0 Å². The SMILES string of the molecule is Cc1ccc(COc2ncccc2C2=CCC(Cc3nc4ccc(C(=O)O)nc4n3CC3CCO3)CC2)c(P)c1. The van der Waals surface area contributed by atoms with Crippen LogP contribution in [0, 0.1) is 12.8 Å². The van der Waals surface area contributed by atoms with Crippen molar-refractivity contribution in [2.24, 2.45) is 5.92 Å². The zero-order valence-electron chi connectivity index (χ0n) is 22.5. The van der Waals surface area contributed by atoms with E-state index < -0.39 is 5.97 Å². The molecule has 1 aliphatic carbocycles. The van der Waals surface area contributed by atoms with Gasteiger partial charge in [0.25, 0.3) is 0 Å². The molecule has 9 heteroatoms. The topological polar surface area (TPSA) is 99.4 Å². The fourth-order valence-corrected chi connectivity index (χ4v) is 5.91. The predicted molar refractivity (Wildman–Crippen MR) is 157 cm³/mol. The number of hydrogen-bond acceptors (Lipinski definition) is 6. The smallest absolute Gasteiger partial charge is 0.354 e. The summed E-state index contributed by atoms with van der Waals surface area (Å²) in [6.07, 6.45) is 8.88. The molecule has 2 aliphatic rings. The van der Waals surface area contributed by atoms with Gasteiger partial charge in [0.15, 0.2) is 11.3 Å². The van der Waals surface area contributed by atoms with Crippen LogP contribution in [0.4, 0.5) is 0 Å². The van der Waals surface area contributed by atoms with Crippen LogP contribution < -0.4 is 10.0 Å². The molecule has 0 bridgehead atoms. The van der Waals surface area contributed by atoms with Crippen LogP contribution in [0.2, 0.25) is 0 Å². The molecular weight excluding hydrogens is 523 g/mol. The van der Waals surface area contributed by atoms with Crippen LogP contribution in [0.5, 0.6) is 5.88 Å². The van der Waals surface area contributed by atoms with Crippen LogP contribution in [0.25, 0.3) is 16.7 Å². The van der Waals surface area contributed by atoms with Gasteiger partial charge in [0.05, 0.1) is 12.6 Å². The highest BCUT2D eigenvalue weighted by atomic mass is 31.0. The number of aryl methyl sites for hydroxylation is 1. The van der Waals surface area contributed by atoms with Crippen molar-refractivity contribution in [1.82, 2.24) is 19.5 Å². The van der Waals surface area contributed by atoms with Gasteiger partial charge in [0, 0.05) is 24.8 Å². The first-order valence-electron chi connectivity index (χ1n) is 13.8. The van der Waals surface area contributed by atoms with Crippen LogP contribution in [-0.2, 0) is 24.3 Å². The molecule has 1 aliphatic heterocycles. The van der Waals surface area contributed by atoms with Crippen molar-refractivity contribution in [2.75, 3.05) is 6.61 Å². The Bertz CT molecular complexity index is 1590. The number of hydrogen-bond donors (Lipinski definition) is 1. The molecule has 0 spiro atoms. The Hall–Kier alpha value is -3.61. The van der Waals surface area contributed by atoms with Gasteiger partial charge in [-0.1, -0.05) is 29.8 Å². The van der Waals surface area contributed by atoms with Gasteiger partial charge in [-0.15, -0.1) is 9.24 Å². The first-order chi connectivity index (χ1) is 19.4. The van der Waals surface area contributed by atoms with Crippen LogP contribution in [0.1, 0.15) is 58.7 Å². The lowest BCUT2D eigenvalue weighted by molar-refractivity contribution is -0.0591. The van der Waals surface area contributed by atoms with Crippen LogP contribution in [0.15, 0.2) is 54.7 Å². The van der Waals surface area contributed by atoms with Gasteiger partial charge >= 0.3 is 5.97 Å². The summed E-state index contributed by atoms with van der Waals surface area (Å²) >= 11 is 0. The summed E-state index contributed by atoms with van der Waals surface area (Å²) in [4.78, 5) is 25.4. The van der Waals surface area contributed by atoms with E-state index in [1.807, 2.05) is 6.07 Å². The fourth-order valence-electron chi connectivity index (χ4n) is 5.47. The van der Waals surface area contributed by atoms with Gasteiger partial charge in [0.2, 0.25) is 5.88 Å². The van der Waals surface area contributed by atoms with E-state index >= 15 is 0 Å². The van der Waals surface area contributed by atoms with E-state index in [9.17, 15) is 9.90 Å². The summed E-state index contributed by atoms with van der Waals surface area (Å²) in [5.41, 5.74) is 6.05. The van der Waals surface area contributed by atoms with Gasteiger partial charge in [-0.3, -0.25) is 0 Å². The maximum absolute atomic E-state index is 11.5. The standard InChI is InChI=1S/C31H33N4O4P/c1-19-4-7-22(27(40)15-19)18-39-30-24(3-2-13-32-30)21-8-5-20(6-9-21)16-28-33-25-10-11-26(31(36)37)34-29(25)35(28)17-23-12-14-38-23/h2-4,7-8,10-11,13,15,20,23H,5-6,9,12,14,16-18,40H2,1H3,(H,36,37). The number of nitrogens with zero attached hydrogens (tertiary/aromatic N) is 4. The Morgan fingerprint density at radius 2 is 2.08 bits per heavy atom. The predicted octanol–water partition coefficient (Wildman–Crippen LogP) is 5.13. The van der Waals surface area contributed by atoms with E-state index in [4.69, 9.17) is 14.5 Å². The van der Waals surface area contributed by atoms with Crippen LogP contribution >= 0.6 is 9.24 Å². The number of ether oxygens (including phenoxy) is 2. The zero-order chi connectivity index (χ0) is 27.6. The number of aromatic carboxylic acids is 1. The minimum absolute atomic E-state index is 0.0331. The molecule has 1 fully saturated rings. The van der Waals surface area contributed by atoms with E-state index in [1.54, 1.807) is 12.3 Å². The molecular formula is C31H33N4O4P. The van der Waals surface area contributed by atoms with Crippen molar-refractivity contribution in [2.45, 2.75) is 58.3 Å². The average Bonchev–Trinajstić information content (AvgIpc) is 3.26. The van der Waals surface area contributed by atoms with E-state index in [1.165, 1.54) is 17.2 Å². The number of carboxylic acids is 1. The Morgan fingerprint density at radius 1 is 1.20 bits per heavy atom. The number of benzene rings is 1. The first-order valence-corrected chi connectivity index (χ1v) is 14.4. The van der Waals surface area contributed by atoms with Gasteiger partial charge < -0.3 is 19.1 Å². The number of imidazole rings is 1. The molecule has 1 aromatic carbocycles. The second-order valence-corrected chi connectivity index (χ2v) is 11.3. The molecule has 8 nitrogen and oxygen atoms in total. The van der Waals surface area contributed by atoms with Crippen molar-refractivity contribution >= 4 is 37.3 Å². The fraction of sp³-hybridized carbons (Fsp3) is 0.355. The molecule has 4 aromatic rings. The number of pyridine rings is 2. The number of carbonyl (C=O) groups is 1. The second kappa shape index (κ2) is 11.5. The number of allylic oxidation sites excluding steroid dienone is 2. The number of rotatable bonds is 9. The minimum atomic E-state index is -1.03. The second-order valence-electron chi connectivity index (χ2n) is 10.7. The van der Waals surface area contributed by atoms with Gasteiger partial charge in [-0.2, -0.15) is 0 Å². The Morgan fingerprint density at radius 3 is 2.80 bits per heavy atom. The molecule has 0 radical (unpaired) electrons. The van der Waals surface area contributed by atoms with Crippen molar-refractivity contribution < 1.29 is 19.4 Å². The highest BCUT2D eigenvalue weighted by Gasteiger charge is 2.26. The summed E-state index contributed by atoms with van der Waals surface area (Å²) in [5.74, 6) is 1.00. The molecule has 206 valence electrons. The first kappa shape index (κ1) is 26.6. The molecule has 6 rings (SSSR count). The van der Waals surface area contributed by atoms with Crippen LogP contribution in [-0.4, -0.2) is 43.3 Å². The molecule has 0 amide bonds. The van der Waals surface area contributed by atoms with Crippen molar-refractivity contribution in [3.8, 4) is 5.88 Å². The average molecular weight is 557 g/mol. The summed E-state index contributed by atoms with van der Waals surface area (Å²) in [5, 5.41) is 10.6. The lowest BCUT2D eigenvalue weighted by Gasteiger charge is -2.28. The molecule has 0 saturated carbocycles. The summed E-state index contributed by atoms with van der Waals surface area (Å²) in [6, 6.07) is 13.7. The Balaban J connectivity index is 1.18. The summed E-state index contributed by atoms with van der Waals surface area (Å²) in [7, 11) is 2.79. The Labute approximate surface area is 235 Å². The highest BCUT2D eigenvalue weighted by Crippen LogP contribution is 2.36. The van der Waals surface area contributed by atoms with E-state index in [0.29, 0.717) is 30.6 Å². The highest BCUT2D eigenvalue weighted by molar-refractivity contribution is 7.27. The third kappa shape index (κ3) is 5.65. The number of fused-ring (bicyclic) bond motifs is 1. The van der Waals surface area contributed by atoms with Crippen molar-refractivity contribution in [3.05, 3.63) is 82.9 Å². The zero-order valence-corrected chi connectivity index (χ0v) is 23.7. The largest absolute Gasteiger partial charge is 0.477 e. The molecule has 3 unspecified atom stereocenters. The minimum Gasteiger partial charge on any atom is -0.477 e. The maximum Gasteiger partial charge on any atom is 0.354 e. The molecule has 40 heavy (non-hydrogen) atoms. The number of carboxylic acid groups (broad SMARTS) is 1. The maximum atomic E-state index is 11.5. The van der Waals surface area contributed by atoms with Crippen molar-refractivity contribution in [3.63, 3.8) is 0 Å². The molecule has 4 heterocycles. The molecule has 1 saturated heterocycles. The number of aromatic nitrogens is 4. The monoisotopic (exact) mass is 556 g/mol. The normalized spacial score (nSPS) is 18.8. The van der Waals surface area contributed by atoms with Crippen LogP contribution in [0.3, 0.4) is 0 Å². The van der Waals surface area contributed by atoms with E-state index in [0.717, 1.165) is 66.5 Å². The molecule has 3 atom stereocenters. The van der Waals surface area contributed by atoms with E-state index in [2.05, 4.69) is 61.0 Å². The third-order valence-corrected chi connectivity index (χ3v) is 8.38. The van der Waals surface area contributed by atoms with Gasteiger partial charge in [-0.05, 0) is 79.2 Å². The summed E-state index contributed by atoms with van der Waals surface area (Å²) in [6.45, 7) is 3.96. The Kier molecular flexibility index (Phi) is 7.63. The summed E-state index contributed by atoms with van der Waals surface area (Å²) < 4.78 is 14.0. The van der Waals surface area contributed by atoms with Gasteiger partial charge in [0.1, 0.15) is 17.9 Å².